The molecule has 0 aromatic heterocycles. The Kier molecular flexibility index (Phi) is 8.38. The Morgan fingerprint density at radius 1 is 1.47 bits per heavy atom. The summed E-state index contributed by atoms with van der Waals surface area (Å²) in [5, 5.41) is 14.4. The summed E-state index contributed by atoms with van der Waals surface area (Å²) in [5.74, 6) is -0.0295. The van der Waals surface area contributed by atoms with Crippen LogP contribution in [0.25, 0.3) is 0 Å². The Bertz CT molecular complexity index is 259. The van der Waals surface area contributed by atoms with Gasteiger partial charge in [0.15, 0.2) is 0 Å². The number of nitriles is 1. The normalized spacial score (nSPS) is 10.9. The second-order valence-corrected chi connectivity index (χ2v) is 4.77. The first kappa shape index (κ1) is 15.9. The smallest absolute Gasteiger partial charge is 0.234 e. The molecule has 0 aromatic rings. The summed E-state index contributed by atoms with van der Waals surface area (Å²) in [6.07, 6.45) is 1.39. The van der Waals surface area contributed by atoms with Crippen molar-refractivity contribution >= 4 is 5.91 Å². The van der Waals surface area contributed by atoms with Gasteiger partial charge in [-0.05, 0) is 11.8 Å². The van der Waals surface area contributed by atoms with Crippen molar-refractivity contribution in [2.24, 2.45) is 5.41 Å². The van der Waals surface area contributed by atoms with E-state index >= 15 is 0 Å². The van der Waals surface area contributed by atoms with E-state index in [1.165, 1.54) is 0 Å². The minimum absolute atomic E-state index is 0.0295. The summed E-state index contributed by atoms with van der Waals surface area (Å²) < 4.78 is 4.83. The van der Waals surface area contributed by atoms with Crippen LogP contribution in [0, 0.1) is 16.7 Å². The quantitative estimate of drug-likeness (QED) is 0.582. The number of carbonyl (C=O) groups is 1. The van der Waals surface area contributed by atoms with Crippen LogP contribution in [0.4, 0.5) is 0 Å². The monoisotopic (exact) mass is 241 g/mol. The molecule has 0 rings (SSSR count). The first-order valence-corrected chi connectivity index (χ1v) is 5.85. The fraction of sp³-hybridized carbons (Fsp3) is 0.833. The molecular formula is C12H23N3O2. The van der Waals surface area contributed by atoms with Gasteiger partial charge >= 0.3 is 0 Å². The van der Waals surface area contributed by atoms with Crippen molar-refractivity contribution in [3.05, 3.63) is 0 Å². The van der Waals surface area contributed by atoms with Crippen LogP contribution >= 0.6 is 0 Å². The maximum absolute atomic E-state index is 11.3. The van der Waals surface area contributed by atoms with E-state index in [0.717, 1.165) is 13.0 Å². The molecule has 0 aliphatic carbocycles. The number of ether oxygens (including phenoxy) is 1. The molecule has 0 bridgehead atoms. The van der Waals surface area contributed by atoms with Crippen molar-refractivity contribution < 1.29 is 9.53 Å². The zero-order valence-electron chi connectivity index (χ0n) is 11.0. The molecule has 0 atom stereocenters. The first-order valence-electron chi connectivity index (χ1n) is 5.85. The minimum atomic E-state index is -0.0295. The van der Waals surface area contributed by atoms with Gasteiger partial charge in [0.1, 0.15) is 0 Å². The molecule has 0 spiro atoms. The Balaban J connectivity index is 3.61. The predicted molar refractivity (Wildman–Crippen MR) is 66.4 cm³/mol. The van der Waals surface area contributed by atoms with Gasteiger partial charge in [-0.1, -0.05) is 13.8 Å². The van der Waals surface area contributed by atoms with Crippen molar-refractivity contribution in [1.29, 1.82) is 5.26 Å². The van der Waals surface area contributed by atoms with Gasteiger partial charge < -0.3 is 15.4 Å². The summed E-state index contributed by atoms with van der Waals surface area (Å²) in [4.78, 5) is 11.3. The highest BCUT2D eigenvalue weighted by atomic mass is 16.5. The van der Waals surface area contributed by atoms with Gasteiger partial charge in [-0.15, -0.1) is 0 Å². The molecule has 5 nitrogen and oxygen atoms in total. The standard InChI is InChI=1S/C12H23N3O2/c1-12(2,5-4-6-13)10-14-9-11(16)15-7-8-17-3/h14H,4-5,7-10H2,1-3H3,(H,15,16). The Hall–Kier alpha value is -1.12. The summed E-state index contributed by atoms with van der Waals surface area (Å²) in [7, 11) is 1.60. The van der Waals surface area contributed by atoms with E-state index in [2.05, 4.69) is 30.6 Å². The summed E-state index contributed by atoms with van der Waals surface area (Å²) in [6.45, 7) is 6.26. The molecule has 0 saturated carbocycles. The third-order valence-corrected chi connectivity index (χ3v) is 2.43. The summed E-state index contributed by atoms with van der Waals surface area (Å²) >= 11 is 0. The van der Waals surface area contributed by atoms with Crippen LogP contribution in [0.3, 0.4) is 0 Å². The summed E-state index contributed by atoms with van der Waals surface area (Å²) in [6, 6.07) is 2.14. The zero-order chi connectivity index (χ0) is 13.1. The van der Waals surface area contributed by atoms with E-state index in [9.17, 15) is 4.79 Å². The number of hydrogen-bond acceptors (Lipinski definition) is 4. The molecule has 0 unspecified atom stereocenters. The summed E-state index contributed by atoms with van der Waals surface area (Å²) in [5.41, 5.74) is 0.0442. The Morgan fingerprint density at radius 2 is 2.18 bits per heavy atom. The topological polar surface area (TPSA) is 74.2 Å². The fourth-order valence-electron chi connectivity index (χ4n) is 1.35. The second kappa shape index (κ2) is 8.97. The molecule has 0 saturated heterocycles. The van der Waals surface area contributed by atoms with E-state index in [4.69, 9.17) is 10.00 Å². The van der Waals surface area contributed by atoms with Crippen molar-refractivity contribution in [1.82, 2.24) is 10.6 Å². The average molecular weight is 241 g/mol. The minimum Gasteiger partial charge on any atom is -0.383 e. The lowest BCUT2D eigenvalue weighted by Gasteiger charge is -2.23. The van der Waals surface area contributed by atoms with Gasteiger partial charge in [0.05, 0.1) is 19.2 Å². The number of hydrogen-bond donors (Lipinski definition) is 2. The molecule has 17 heavy (non-hydrogen) atoms. The van der Waals surface area contributed by atoms with Crippen molar-refractivity contribution in [2.75, 3.05) is 33.4 Å². The van der Waals surface area contributed by atoms with Gasteiger partial charge in [-0.3, -0.25) is 4.79 Å². The zero-order valence-corrected chi connectivity index (χ0v) is 11.0. The van der Waals surface area contributed by atoms with E-state index < -0.39 is 0 Å². The molecule has 1 amide bonds. The molecule has 2 N–H and O–H groups in total. The van der Waals surface area contributed by atoms with E-state index in [1.807, 2.05) is 0 Å². The molecule has 0 fully saturated rings. The number of methoxy groups -OCH3 is 1. The van der Waals surface area contributed by atoms with Crippen LogP contribution in [0.15, 0.2) is 0 Å². The maximum atomic E-state index is 11.3. The van der Waals surface area contributed by atoms with Crippen LogP contribution in [-0.2, 0) is 9.53 Å². The van der Waals surface area contributed by atoms with Gasteiger partial charge in [0, 0.05) is 26.6 Å². The second-order valence-electron chi connectivity index (χ2n) is 4.77. The highest BCUT2D eigenvalue weighted by molar-refractivity contribution is 5.77. The Labute approximate surface area is 104 Å². The highest BCUT2D eigenvalue weighted by Crippen LogP contribution is 2.20. The molecule has 0 radical (unpaired) electrons. The van der Waals surface area contributed by atoms with Crippen LogP contribution in [0.2, 0.25) is 0 Å². The van der Waals surface area contributed by atoms with Crippen molar-refractivity contribution in [3.63, 3.8) is 0 Å². The third kappa shape index (κ3) is 9.79. The van der Waals surface area contributed by atoms with E-state index in [-0.39, 0.29) is 11.3 Å². The van der Waals surface area contributed by atoms with Crippen LogP contribution < -0.4 is 10.6 Å². The first-order chi connectivity index (χ1) is 8.02. The van der Waals surface area contributed by atoms with Gasteiger partial charge in [0.2, 0.25) is 5.91 Å². The average Bonchev–Trinajstić information content (AvgIpc) is 2.26. The number of carbonyl (C=O) groups excluding carboxylic acids is 1. The van der Waals surface area contributed by atoms with Crippen molar-refractivity contribution in [2.45, 2.75) is 26.7 Å². The molecule has 0 heterocycles. The molecule has 0 aliphatic rings. The SMILES string of the molecule is COCCNC(=O)CNCC(C)(C)CCC#N. The number of nitrogens with one attached hydrogen (secondary N) is 2. The molecular weight excluding hydrogens is 218 g/mol. The van der Waals surface area contributed by atoms with Gasteiger partial charge in [0.25, 0.3) is 0 Å². The van der Waals surface area contributed by atoms with Crippen LogP contribution in [0.5, 0.6) is 0 Å². The number of rotatable bonds is 9. The molecule has 5 heteroatoms. The molecule has 98 valence electrons. The maximum Gasteiger partial charge on any atom is 0.234 e. The number of amides is 1. The Morgan fingerprint density at radius 3 is 2.76 bits per heavy atom. The van der Waals surface area contributed by atoms with Gasteiger partial charge in [-0.25, -0.2) is 0 Å². The van der Waals surface area contributed by atoms with Crippen LogP contribution in [0.1, 0.15) is 26.7 Å². The van der Waals surface area contributed by atoms with Gasteiger partial charge in [-0.2, -0.15) is 5.26 Å². The fourth-order valence-corrected chi connectivity index (χ4v) is 1.35. The van der Waals surface area contributed by atoms with E-state index in [1.54, 1.807) is 7.11 Å². The lowest BCUT2D eigenvalue weighted by molar-refractivity contribution is -0.120. The lowest BCUT2D eigenvalue weighted by atomic mass is 9.88. The van der Waals surface area contributed by atoms with Crippen LogP contribution in [-0.4, -0.2) is 39.3 Å². The third-order valence-electron chi connectivity index (χ3n) is 2.43. The lowest BCUT2D eigenvalue weighted by Crippen LogP contribution is -2.39. The predicted octanol–water partition coefficient (Wildman–Crippen LogP) is 0.669. The van der Waals surface area contributed by atoms with E-state index in [0.29, 0.717) is 26.1 Å². The largest absolute Gasteiger partial charge is 0.383 e. The van der Waals surface area contributed by atoms with Crippen molar-refractivity contribution in [3.8, 4) is 6.07 Å². The molecule has 0 aromatic carbocycles. The number of nitrogens with zero attached hydrogens (tertiary/aromatic N) is 1. The highest BCUT2D eigenvalue weighted by Gasteiger charge is 2.17. The molecule has 0 aliphatic heterocycles.